The van der Waals surface area contributed by atoms with Crippen LogP contribution in [0.15, 0.2) is 6.20 Å². The Morgan fingerprint density at radius 1 is 1.47 bits per heavy atom. The summed E-state index contributed by atoms with van der Waals surface area (Å²) in [5.74, 6) is -1.33. The Hall–Kier alpha value is -1.24. The maximum absolute atomic E-state index is 12.9. The molecule has 2 rings (SSSR count). The molecule has 0 aliphatic carbocycles. The van der Waals surface area contributed by atoms with Crippen molar-refractivity contribution in [3.05, 3.63) is 11.9 Å². The second-order valence-electron chi connectivity index (χ2n) is 4.88. The van der Waals surface area contributed by atoms with Crippen LogP contribution in [-0.2, 0) is 13.5 Å². The van der Waals surface area contributed by atoms with Crippen molar-refractivity contribution in [1.82, 2.24) is 15.1 Å². The lowest BCUT2D eigenvalue weighted by molar-refractivity contribution is -0.169. The molecule has 0 bridgehead atoms. The molecule has 1 aromatic rings. The molecule has 0 amide bonds. The molecule has 1 aliphatic heterocycles. The molecule has 1 atom stereocenters. The van der Waals surface area contributed by atoms with E-state index in [4.69, 9.17) is 0 Å². The molecule has 108 valence electrons. The van der Waals surface area contributed by atoms with Crippen LogP contribution in [-0.4, -0.2) is 42.1 Å². The van der Waals surface area contributed by atoms with Crippen molar-refractivity contribution in [2.24, 2.45) is 13.0 Å². The highest BCUT2D eigenvalue weighted by atomic mass is 19.4. The van der Waals surface area contributed by atoms with Crippen LogP contribution in [0.25, 0.3) is 0 Å². The first-order chi connectivity index (χ1) is 8.91. The molecule has 0 radical (unpaired) electrons. The van der Waals surface area contributed by atoms with Gasteiger partial charge in [-0.05, 0) is 6.42 Å². The van der Waals surface area contributed by atoms with Crippen LogP contribution in [0.5, 0.6) is 0 Å². The quantitative estimate of drug-likeness (QED) is 0.890. The number of nitrogens with zero attached hydrogens (tertiary/aromatic N) is 3. The fourth-order valence-electron chi connectivity index (χ4n) is 2.39. The first kappa shape index (κ1) is 14.2. The lowest BCUT2D eigenvalue weighted by atomic mass is 10.1. The highest BCUT2D eigenvalue weighted by Gasteiger charge is 2.41. The first-order valence-corrected chi connectivity index (χ1v) is 6.46. The van der Waals surface area contributed by atoms with E-state index in [1.54, 1.807) is 22.8 Å². The maximum atomic E-state index is 12.9. The Labute approximate surface area is 110 Å². The molecule has 19 heavy (non-hydrogen) atoms. The minimum Gasteiger partial charge on any atom is -0.367 e. The van der Waals surface area contributed by atoms with Crippen LogP contribution >= 0.6 is 0 Å². The van der Waals surface area contributed by atoms with Gasteiger partial charge in [0.1, 0.15) is 0 Å². The van der Waals surface area contributed by atoms with Crippen LogP contribution in [0.2, 0.25) is 0 Å². The molecule has 0 aromatic carbocycles. The van der Waals surface area contributed by atoms with Gasteiger partial charge in [0, 0.05) is 39.4 Å². The molecule has 1 aromatic heterocycles. The Kier molecular flexibility index (Phi) is 4.03. The highest BCUT2D eigenvalue weighted by molar-refractivity contribution is 5.49. The van der Waals surface area contributed by atoms with Gasteiger partial charge in [-0.1, -0.05) is 6.92 Å². The normalized spacial score (nSPS) is 21.5. The molecule has 1 N–H and O–H groups in total. The average Bonchev–Trinajstić information content (AvgIpc) is 2.56. The summed E-state index contributed by atoms with van der Waals surface area (Å²) in [6.45, 7) is 3.08. The third kappa shape index (κ3) is 3.20. The van der Waals surface area contributed by atoms with Crippen LogP contribution < -0.4 is 10.2 Å². The number of rotatable bonds is 2. The van der Waals surface area contributed by atoms with E-state index in [0.717, 1.165) is 17.8 Å². The number of halogens is 3. The molecule has 2 heterocycles. The van der Waals surface area contributed by atoms with Gasteiger partial charge in [-0.2, -0.15) is 18.3 Å². The Balaban J connectivity index is 2.22. The SMILES string of the molecule is CCc1nn(C)cc1N1CCNCC(C(F)(F)F)C1. The summed E-state index contributed by atoms with van der Waals surface area (Å²) in [4.78, 5) is 1.80. The lowest BCUT2D eigenvalue weighted by Gasteiger charge is -2.26. The van der Waals surface area contributed by atoms with Gasteiger partial charge in [0.15, 0.2) is 0 Å². The zero-order chi connectivity index (χ0) is 14.0. The predicted molar refractivity (Wildman–Crippen MR) is 67.2 cm³/mol. The highest BCUT2D eigenvalue weighted by Crippen LogP contribution is 2.30. The van der Waals surface area contributed by atoms with Crippen LogP contribution in [0.3, 0.4) is 0 Å². The Morgan fingerprint density at radius 2 is 2.21 bits per heavy atom. The lowest BCUT2D eigenvalue weighted by Crippen LogP contribution is -2.38. The van der Waals surface area contributed by atoms with Crippen molar-refractivity contribution < 1.29 is 13.2 Å². The summed E-state index contributed by atoms with van der Waals surface area (Å²) in [5.41, 5.74) is 1.67. The maximum Gasteiger partial charge on any atom is 0.394 e. The molecular weight excluding hydrogens is 257 g/mol. The van der Waals surface area contributed by atoms with E-state index < -0.39 is 12.1 Å². The van der Waals surface area contributed by atoms with Gasteiger partial charge in [0.2, 0.25) is 0 Å². The first-order valence-electron chi connectivity index (χ1n) is 6.46. The van der Waals surface area contributed by atoms with E-state index in [-0.39, 0.29) is 13.1 Å². The van der Waals surface area contributed by atoms with Gasteiger partial charge in [-0.15, -0.1) is 0 Å². The van der Waals surface area contributed by atoms with Gasteiger partial charge in [0.05, 0.1) is 17.3 Å². The number of hydrogen-bond donors (Lipinski definition) is 1. The average molecular weight is 276 g/mol. The molecule has 0 saturated carbocycles. The monoisotopic (exact) mass is 276 g/mol. The largest absolute Gasteiger partial charge is 0.394 e. The molecule has 0 spiro atoms. The second kappa shape index (κ2) is 5.40. The summed E-state index contributed by atoms with van der Waals surface area (Å²) in [6.07, 6.45) is -1.64. The van der Waals surface area contributed by atoms with Crippen LogP contribution in [0.1, 0.15) is 12.6 Å². The minimum absolute atomic E-state index is 0.00477. The third-order valence-corrected chi connectivity index (χ3v) is 3.41. The molecule has 1 unspecified atom stereocenters. The fourth-order valence-corrected chi connectivity index (χ4v) is 2.39. The summed E-state index contributed by atoms with van der Waals surface area (Å²) < 4.78 is 40.4. The smallest absolute Gasteiger partial charge is 0.367 e. The molecule has 7 heteroatoms. The van der Waals surface area contributed by atoms with E-state index >= 15 is 0 Å². The topological polar surface area (TPSA) is 33.1 Å². The van der Waals surface area contributed by atoms with Crippen molar-refractivity contribution in [3.8, 4) is 0 Å². The van der Waals surface area contributed by atoms with Gasteiger partial charge < -0.3 is 10.2 Å². The fraction of sp³-hybridized carbons (Fsp3) is 0.750. The Bertz CT molecular complexity index is 427. The zero-order valence-corrected chi connectivity index (χ0v) is 11.2. The molecular formula is C12H19F3N4. The third-order valence-electron chi connectivity index (χ3n) is 3.41. The van der Waals surface area contributed by atoms with E-state index in [2.05, 4.69) is 10.4 Å². The predicted octanol–water partition coefficient (Wildman–Crippen LogP) is 1.57. The van der Waals surface area contributed by atoms with Gasteiger partial charge in [0.25, 0.3) is 0 Å². The van der Waals surface area contributed by atoms with Gasteiger partial charge >= 0.3 is 6.18 Å². The van der Waals surface area contributed by atoms with Gasteiger partial charge in [-0.3, -0.25) is 4.68 Å². The Morgan fingerprint density at radius 3 is 2.84 bits per heavy atom. The van der Waals surface area contributed by atoms with Crippen molar-refractivity contribution in [1.29, 1.82) is 0 Å². The summed E-state index contributed by atoms with van der Waals surface area (Å²) in [5, 5.41) is 7.15. The summed E-state index contributed by atoms with van der Waals surface area (Å²) in [7, 11) is 1.79. The van der Waals surface area contributed by atoms with Crippen LogP contribution in [0, 0.1) is 5.92 Å². The standard InChI is InChI=1S/C12H19F3N4/c1-3-10-11(8-18(2)17-10)19-5-4-16-6-9(7-19)12(13,14)15/h8-9,16H,3-7H2,1-2H3. The molecule has 1 fully saturated rings. The van der Waals surface area contributed by atoms with Crippen molar-refractivity contribution in [2.45, 2.75) is 19.5 Å². The molecule has 1 saturated heterocycles. The summed E-state index contributed by atoms with van der Waals surface area (Å²) >= 11 is 0. The number of aromatic nitrogens is 2. The van der Waals surface area contributed by atoms with Crippen LogP contribution in [0.4, 0.5) is 18.9 Å². The number of nitrogens with one attached hydrogen (secondary N) is 1. The zero-order valence-electron chi connectivity index (χ0n) is 11.2. The molecule has 4 nitrogen and oxygen atoms in total. The number of alkyl halides is 3. The van der Waals surface area contributed by atoms with Crippen molar-refractivity contribution >= 4 is 5.69 Å². The summed E-state index contributed by atoms with van der Waals surface area (Å²) in [6, 6.07) is 0. The molecule has 1 aliphatic rings. The van der Waals surface area contributed by atoms with E-state index in [0.29, 0.717) is 13.1 Å². The van der Waals surface area contributed by atoms with Crippen molar-refractivity contribution in [2.75, 3.05) is 31.1 Å². The van der Waals surface area contributed by atoms with E-state index in [1.165, 1.54) is 0 Å². The minimum atomic E-state index is -4.16. The van der Waals surface area contributed by atoms with Crippen molar-refractivity contribution in [3.63, 3.8) is 0 Å². The number of hydrogen-bond acceptors (Lipinski definition) is 3. The van der Waals surface area contributed by atoms with E-state index in [1.807, 2.05) is 6.92 Å². The van der Waals surface area contributed by atoms with Gasteiger partial charge in [-0.25, -0.2) is 0 Å². The number of aryl methyl sites for hydroxylation is 2. The number of anilines is 1. The van der Waals surface area contributed by atoms with E-state index in [9.17, 15) is 13.2 Å². The second-order valence-corrected chi connectivity index (χ2v) is 4.88.